The number of rotatable bonds is 1. The third-order valence-electron chi connectivity index (χ3n) is 2.00. The van der Waals surface area contributed by atoms with Crippen LogP contribution in [0.25, 0.3) is 11.0 Å². The van der Waals surface area contributed by atoms with Gasteiger partial charge in [0.1, 0.15) is 5.58 Å². The maximum atomic E-state index is 11.2. The second-order valence-corrected chi connectivity index (χ2v) is 3.90. The molecule has 1 N–H and O–H groups in total. The van der Waals surface area contributed by atoms with Crippen molar-refractivity contribution in [3.63, 3.8) is 0 Å². The van der Waals surface area contributed by atoms with Crippen LogP contribution in [0.1, 0.15) is 0 Å². The molecule has 0 saturated heterocycles. The van der Waals surface area contributed by atoms with Crippen molar-refractivity contribution in [2.75, 3.05) is 0 Å². The second-order valence-electron chi connectivity index (χ2n) is 2.98. The molecule has 0 radical (unpaired) electrons. The SMILES string of the molecule is O=c1oc2ccc(Br)cc2c(O)c1[N+](=O)[O-].[NaH]. The molecule has 2 rings (SSSR count). The van der Waals surface area contributed by atoms with Gasteiger partial charge < -0.3 is 9.52 Å². The van der Waals surface area contributed by atoms with Crippen LogP contribution in [0.15, 0.2) is 31.9 Å². The fraction of sp³-hybridized carbons (Fsp3) is 0. The van der Waals surface area contributed by atoms with E-state index in [0.717, 1.165) is 0 Å². The number of aromatic hydroxyl groups is 1. The molecule has 8 heteroatoms. The van der Waals surface area contributed by atoms with Crippen molar-refractivity contribution in [3.8, 4) is 5.75 Å². The third kappa shape index (κ3) is 2.52. The maximum absolute atomic E-state index is 11.2. The Bertz CT molecular complexity index is 654. The molecule has 1 aromatic heterocycles. The Labute approximate surface area is 125 Å². The summed E-state index contributed by atoms with van der Waals surface area (Å²) in [4.78, 5) is 20.8. The first-order valence-electron chi connectivity index (χ1n) is 4.10. The van der Waals surface area contributed by atoms with Crippen LogP contribution in [-0.4, -0.2) is 39.6 Å². The number of benzene rings is 1. The van der Waals surface area contributed by atoms with E-state index in [2.05, 4.69) is 15.9 Å². The summed E-state index contributed by atoms with van der Waals surface area (Å²) in [7, 11) is 0. The normalized spacial score (nSPS) is 9.94. The van der Waals surface area contributed by atoms with Crippen molar-refractivity contribution >= 4 is 62.1 Å². The molecule has 0 atom stereocenters. The first-order chi connectivity index (χ1) is 7.50. The van der Waals surface area contributed by atoms with Crippen LogP contribution < -0.4 is 5.63 Å². The predicted molar refractivity (Wildman–Crippen MR) is 65.7 cm³/mol. The first-order valence-corrected chi connectivity index (χ1v) is 4.89. The molecule has 0 aliphatic carbocycles. The average molecular weight is 310 g/mol. The van der Waals surface area contributed by atoms with Gasteiger partial charge in [-0.2, -0.15) is 0 Å². The van der Waals surface area contributed by atoms with Gasteiger partial charge in [-0.1, -0.05) is 15.9 Å². The van der Waals surface area contributed by atoms with E-state index in [4.69, 9.17) is 4.42 Å². The Hall–Kier alpha value is -0.890. The van der Waals surface area contributed by atoms with Crippen LogP contribution in [0, 0.1) is 10.1 Å². The number of hydrogen-bond acceptors (Lipinski definition) is 5. The summed E-state index contributed by atoms with van der Waals surface area (Å²) >= 11 is 3.15. The summed E-state index contributed by atoms with van der Waals surface area (Å²) in [6.45, 7) is 0. The molecular weight excluding hydrogens is 305 g/mol. The van der Waals surface area contributed by atoms with Crippen LogP contribution >= 0.6 is 15.9 Å². The molecule has 1 aromatic carbocycles. The summed E-state index contributed by atoms with van der Waals surface area (Å²) < 4.78 is 5.32. The van der Waals surface area contributed by atoms with Gasteiger partial charge in [-0.3, -0.25) is 10.1 Å². The molecule has 0 spiro atoms. The van der Waals surface area contributed by atoms with Gasteiger partial charge >= 0.3 is 40.9 Å². The van der Waals surface area contributed by atoms with E-state index in [1.807, 2.05) is 0 Å². The van der Waals surface area contributed by atoms with E-state index in [1.54, 1.807) is 6.07 Å². The molecule has 0 unspecified atom stereocenters. The Morgan fingerprint density at radius 1 is 1.41 bits per heavy atom. The van der Waals surface area contributed by atoms with Gasteiger partial charge in [0.25, 0.3) is 0 Å². The molecule has 2 aromatic rings. The standard InChI is InChI=1S/C9H4BrNO5.Na.H/c10-4-1-2-6-5(3-4)8(12)7(11(14)15)9(13)16-6;;/h1-3,12H;;. The van der Waals surface area contributed by atoms with E-state index in [0.29, 0.717) is 4.47 Å². The Morgan fingerprint density at radius 2 is 2.06 bits per heavy atom. The summed E-state index contributed by atoms with van der Waals surface area (Å²) in [5.74, 6) is -0.683. The van der Waals surface area contributed by atoms with Crippen LogP contribution in [0.4, 0.5) is 5.69 Å². The second kappa shape index (κ2) is 5.18. The van der Waals surface area contributed by atoms with Crippen molar-refractivity contribution in [3.05, 3.63) is 43.2 Å². The molecule has 0 amide bonds. The van der Waals surface area contributed by atoms with Crippen LogP contribution in [0.2, 0.25) is 0 Å². The summed E-state index contributed by atoms with van der Waals surface area (Å²) in [5.41, 5.74) is -2.03. The molecule has 0 fully saturated rings. The van der Waals surface area contributed by atoms with Crippen molar-refractivity contribution in [2.45, 2.75) is 0 Å². The van der Waals surface area contributed by atoms with Gasteiger partial charge in [-0.25, -0.2) is 4.79 Å². The summed E-state index contributed by atoms with van der Waals surface area (Å²) in [6, 6.07) is 4.46. The monoisotopic (exact) mass is 309 g/mol. The van der Waals surface area contributed by atoms with E-state index in [1.165, 1.54) is 12.1 Å². The van der Waals surface area contributed by atoms with E-state index >= 15 is 0 Å². The topological polar surface area (TPSA) is 93.6 Å². The minimum absolute atomic E-state index is 0. The first kappa shape index (κ1) is 14.2. The fourth-order valence-electron chi connectivity index (χ4n) is 1.31. The van der Waals surface area contributed by atoms with Crippen molar-refractivity contribution < 1.29 is 14.4 Å². The number of hydrogen-bond donors (Lipinski definition) is 1. The molecule has 0 aliphatic rings. The van der Waals surface area contributed by atoms with E-state index < -0.39 is 22.0 Å². The van der Waals surface area contributed by atoms with E-state index in [9.17, 15) is 20.0 Å². The Kier molecular flexibility index (Phi) is 4.31. The van der Waals surface area contributed by atoms with Crippen molar-refractivity contribution in [1.29, 1.82) is 0 Å². The predicted octanol–water partition coefficient (Wildman–Crippen LogP) is 1.52. The summed E-state index contributed by atoms with van der Waals surface area (Å²) in [6.07, 6.45) is 0. The van der Waals surface area contributed by atoms with Crippen molar-refractivity contribution in [2.24, 2.45) is 0 Å². The van der Waals surface area contributed by atoms with E-state index in [-0.39, 0.29) is 40.5 Å². The van der Waals surface area contributed by atoms with Gasteiger partial charge in [-0.05, 0) is 18.2 Å². The number of halogens is 1. The van der Waals surface area contributed by atoms with Gasteiger partial charge in [0, 0.05) is 4.47 Å². The molecule has 1 heterocycles. The van der Waals surface area contributed by atoms with Crippen LogP contribution in [0.3, 0.4) is 0 Å². The zero-order valence-electron chi connectivity index (χ0n) is 7.64. The fourth-order valence-corrected chi connectivity index (χ4v) is 1.67. The molecule has 6 nitrogen and oxygen atoms in total. The van der Waals surface area contributed by atoms with Gasteiger partial charge in [0.15, 0.2) is 0 Å². The average Bonchev–Trinajstić information content (AvgIpc) is 2.19. The molecule has 0 bridgehead atoms. The molecule has 0 saturated carbocycles. The zero-order chi connectivity index (χ0) is 11.9. The van der Waals surface area contributed by atoms with Crippen LogP contribution in [0.5, 0.6) is 5.75 Å². The van der Waals surface area contributed by atoms with Gasteiger partial charge in [0.2, 0.25) is 5.75 Å². The molecule has 17 heavy (non-hydrogen) atoms. The van der Waals surface area contributed by atoms with Crippen molar-refractivity contribution in [1.82, 2.24) is 0 Å². The minimum atomic E-state index is -1.17. The molecule has 84 valence electrons. The molecule has 0 aliphatic heterocycles. The number of fused-ring (bicyclic) bond motifs is 1. The quantitative estimate of drug-likeness (QED) is 0.373. The van der Waals surface area contributed by atoms with Gasteiger partial charge in [0.05, 0.1) is 10.3 Å². The number of nitrogens with zero attached hydrogens (tertiary/aromatic N) is 1. The number of nitro groups is 1. The van der Waals surface area contributed by atoms with Gasteiger partial charge in [-0.15, -0.1) is 0 Å². The Balaban J connectivity index is 0.00000144. The third-order valence-corrected chi connectivity index (χ3v) is 2.49. The summed E-state index contributed by atoms with van der Waals surface area (Å²) in [5, 5.41) is 20.3. The Morgan fingerprint density at radius 3 is 2.65 bits per heavy atom. The van der Waals surface area contributed by atoms with Crippen LogP contribution in [-0.2, 0) is 0 Å². The molecular formula is C9H5BrNNaO5. The zero-order valence-corrected chi connectivity index (χ0v) is 9.22.